The minimum absolute atomic E-state index is 0.279. The number of carbonyl (C=O) groups is 1. The number of ketones is 1. The van der Waals surface area contributed by atoms with Crippen molar-refractivity contribution in [3.8, 4) is 0 Å². The van der Waals surface area contributed by atoms with Crippen LogP contribution >= 0.6 is 11.6 Å². The van der Waals surface area contributed by atoms with Crippen molar-refractivity contribution in [3.63, 3.8) is 0 Å². The van der Waals surface area contributed by atoms with Crippen molar-refractivity contribution in [2.75, 3.05) is 0 Å². The van der Waals surface area contributed by atoms with Crippen molar-refractivity contribution in [3.05, 3.63) is 112 Å². The summed E-state index contributed by atoms with van der Waals surface area (Å²) in [7, 11) is 0. The average Bonchev–Trinajstić information content (AvgIpc) is 3.14. The number of rotatable bonds is 4. The first-order valence-electron chi connectivity index (χ1n) is 9.14. The topological polar surface area (TPSA) is 17.1 Å². The van der Waals surface area contributed by atoms with Gasteiger partial charge in [0.1, 0.15) is 17.5 Å². The van der Waals surface area contributed by atoms with Gasteiger partial charge in [-0.05, 0) is 35.3 Å². The lowest BCUT2D eigenvalue weighted by molar-refractivity contribution is 0.0926. The fourth-order valence-corrected chi connectivity index (χ4v) is 4.00. The normalized spacial score (nSPS) is 18.6. The first-order chi connectivity index (χ1) is 13.9. The van der Waals surface area contributed by atoms with E-state index in [0.29, 0.717) is 23.6 Å². The van der Waals surface area contributed by atoms with Crippen LogP contribution in [-0.4, -0.2) is 5.78 Å². The van der Waals surface area contributed by atoms with Crippen molar-refractivity contribution in [2.45, 2.75) is 12.3 Å². The first-order valence-corrected chi connectivity index (χ1v) is 9.52. The van der Waals surface area contributed by atoms with Crippen molar-refractivity contribution in [1.82, 2.24) is 0 Å². The third kappa shape index (κ3) is 3.85. The van der Waals surface area contributed by atoms with Gasteiger partial charge in [-0.25, -0.2) is 13.2 Å². The summed E-state index contributed by atoms with van der Waals surface area (Å²) in [4.78, 5) is 13.1. The molecule has 0 amide bonds. The van der Waals surface area contributed by atoms with E-state index in [1.807, 2.05) is 42.5 Å². The van der Waals surface area contributed by atoms with E-state index in [1.54, 1.807) is 18.2 Å². The van der Waals surface area contributed by atoms with Gasteiger partial charge in [-0.2, -0.15) is 0 Å². The van der Waals surface area contributed by atoms with Gasteiger partial charge in [0.05, 0.1) is 5.56 Å². The molecule has 146 valence electrons. The molecule has 1 nitrogen and oxygen atoms in total. The third-order valence-electron chi connectivity index (χ3n) is 5.25. The highest BCUT2D eigenvalue weighted by atomic mass is 35.5. The minimum atomic E-state index is -1.19. The van der Waals surface area contributed by atoms with Crippen LogP contribution in [0.2, 0.25) is 5.02 Å². The Bertz CT molecular complexity index is 1070. The Balaban J connectivity index is 1.78. The smallest absolute Gasteiger partial charge is 0.176 e. The lowest BCUT2D eigenvalue weighted by Gasteiger charge is -2.19. The zero-order valence-corrected chi connectivity index (χ0v) is 16.0. The number of hydrogen-bond donors (Lipinski definition) is 0. The zero-order chi connectivity index (χ0) is 20.5. The van der Waals surface area contributed by atoms with Gasteiger partial charge in [-0.3, -0.25) is 4.79 Å². The van der Waals surface area contributed by atoms with Crippen LogP contribution in [0.5, 0.6) is 0 Å². The van der Waals surface area contributed by atoms with Crippen LogP contribution in [0, 0.1) is 23.4 Å². The molecular weight excluding hydrogens is 397 g/mol. The number of hydrogen-bond acceptors (Lipinski definition) is 1. The number of allylic oxidation sites excluding steroid dienone is 2. The van der Waals surface area contributed by atoms with Crippen LogP contribution in [-0.2, 0) is 0 Å². The van der Waals surface area contributed by atoms with E-state index >= 15 is 0 Å². The van der Waals surface area contributed by atoms with Crippen LogP contribution in [0.3, 0.4) is 0 Å². The zero-order valence-electron chi connectivity index (χ0n) is 15.2. The molecule has 29 heavy (non-hydrogen) atoms. The maximum atomic E-state index is 14.3. The summed E-state index contributed by atoms with van der Waals surface area (Å²) in [5, 5.41) is 0.593. The van der Waals surface area contributed by atoms with Crippen LogP contribution in [0.1, 0.15) is 33.8 Å². The quantitative estimate of drug-likeness (QED) is 0.429. The lowest BCUT2D eigenvalue weighted by Crippen LogP contribution is -2.20. The first kappa shape index (κ1) is 19.5. The predicted octanol–water partition coefficient (Wildman–Crippen LogP) is 6.83. The third-order valence-corrected chi connectivity index (χ3v) is 5.50. The standard InChI is InChI=1S/C24H16ClF3O/c25-17-8-6-14(7-9-17)16-10-19(15-4-2-1-3-5-15)20(11-16)24(29)23-21(27)12-18(26)13-22(23)28/h1-9,11-13,19-20H,10H2. The lowest BCUT2D eigenvalue weighted by atomic mass is 9.83. The van der Waals surface area contributed by atoms with Crippen molar-refractivity contribution < 1.29 is 18.0 Å². The van der Waals surface area contributed by atoms with Gasteiger partial charge in [0.25, 0.3) is 0 Å². The fraction of sp³-hybridized carbons (Fsp3) is 0.125. The Kier molecular flexibility index (Phi) is 5.29. The number of Topliss-reactive ketones (excluding diaryl/α,β-unsaturated/α-hetero) is 1. The molecule has 2 unspecified atom stereocenters. The molecular formula is C24H16ClF3O. The van der Waals surface area contributed by atoms with E-state index in [9.17, 15) is 18.0 Å². The van der Waals surface area contributed by atoms with Gasteiger partial charge in [-0.1, -0.05) is 60.1 Å². The molecule has 0 fully saturated rings. The van der Waals surface area contributed by atoms with E-state index in [-0.39, 0.29) is 5.92 Å². The van der Waals surface area contributed by atoms with Crippen LogP contribution in [0.4, 0.5) is 13.2 Å². The molecule has 0 bridgehead atoms. The largest absolute Gasteiger partial charge is 0.293 e. The summed E-state index contributed by atoms with van der Waals surface area (Å²) in [6.07, 6.45) is 2.29. The number of halogens is 4. The molecule has 1 aliphatic carbocycles. The molecule has 1 aliphatic rings. The van der Waals surface area contributed by atoms with Crippen LogP contribution in [0.15, 0.2) is 72.8 Å². The fourth-order valence-electron chi connectivity index (χ4n) is 3.87. The summed E-state index contributed by atoms with van der Waals surface area (Å²) >= 11 is 5.96. The molecule has 3 aromatic rings. The van der Waals surface area contributed by atoms with Gasteiger partial charge in [0.15, 0.2) is 5.78 Å². The van der Waals surface area contributed by atoms with Gasteiger partial charge in [-0.15, -0.1) is 0 Å². The van der Waals surface area contributed by atoms with E-state index in [0.717, 1.165) is 16.7 Å². The maximum Gasteiger partial charge on any atom is 0.176 e. The Labute approximate surface area is 171 Å². The van der Waals surface area contributed by atoms with E-state index in [1.165, 1.54) is 0 Å². The molecule has 5 heteroatoms. The van der Waals surface area contributed by atoms with E-state index in [2.05, 4.69) is 0 Å². The van der Waals surface area contributed by atoms with Crippen LogP contribution < -0.4 is 0 Å². The molecule has 0 heterocycles. The summed E-state index contributed by atoms with van der Waals surface area (Å²) < 4.78 is 41.8. The Hall–Kier alpha value is -2.85. The second-order valence-electron chi connectivity index (χ2n) is 7.05. The van der Waals surface area contributed by atoms with Gasteiger partial charge in [0, 0.05) is 29.0 Å². The predicted molar refractivity (Wildman–Crippen MR) is 107 cm³/mol. The minimum Gasteiger partial charge on any atom is -0.293 e. The van der Waals surface area contributed by atoms with Gasteiger partial charge < -0.3 is 0 Å². The SMILES string of the molecule is O=C(c1c(F)cc(F)cc1F)C1C=C(c2ccc(Cl)cc2)CC1c1ccccc1. The molecule has 0 radical (unpaired) electrons. The molecule has 0 aromatic heterocycles. The summed E-state index contributed by atoms with van der Waals surface area (Å²) in [6, 6.07) is 17.6. The Morgan fingerprint density at radius 2 is 1.52 bits per heavy atom. The van der Waals surface area contributed by atoms with E-state index in [4.69, 9.17) is 11.6 Å². The van der Waals surface area contributed by atoms with Crippen molar-refractivity contribution >= 4 is 23.0 Å². The highest BCUT2D eigenvalue weighted by Crippen LogP contribution is 2.44. The Morgan fingerprint density at radius 1 is 0.897 bits per heavy atom. The molecule has 0 N–H and O–H groups in total. The Morgan fingerprint density at radius 3 is 2.14 bits per heavy atom. The monoisotopic (exact) mass is 412 g/mol. The van der Waals surface area contributed by atoms with Gasteiger partial charge >= 0.3 is 0 Å². The highest BCUT2D eigenvalue weighted by molar-refractivity contribution is 6.30. The van der Waals surface area contributed by atoms with E-state index < -0.39 is 34.7 Å². The average molecular weight is 413 g/mol. The number of benzene rings is 3. The second-order valence-corrected chi connectivity index (χ2v) is 7.49. The molecule has 0 saturated heterocycles. The van der Waals surface area contributed by atoms with Crippen molar-refractivity contribution in [1.29, 1.82) is 0 Å². The molecule has 3 aromatic carbocycles. The molecule has 0 spiro atoms. The highest BCUT2D eigenvalue weighted by Gasteiger charge is 2.37. The number of carbonyl (C=O) groups excluding carboxylic acids is 1. The van der Waals surface area contributed by atoms with Crippen LogP contribution in [0.25, 0.3) is 5.57 Å². The second kappa shape index (κ2) is 7.88. The molecule has 2 atom stereocenters. The van der Waals surface area contributed by atoms with Gasteiger partial charge in [0.2, 0.25) is 0 Å². The molecule has 0 saturated carbocycles. The molecule has 4 rings (SSSR count). The summed E-state index contributed by atoms with van der Waals surface area (Å²) in [6.45, 7) is 0. The van der Waals surface area contributed by atoms with Crippen molar-refractivity contribution in [2.24, 2.45) is 5.92 Å². The maximum absolute atomic E-state index is 14.3. The summed E-state index contributed by atoms with van der Waals surface area (Å²) in [5.41, 5.74) is 1.99. The molecule has 0 aliphatic heterocycles. The summed E-state index contributed by atoms with van der Waals surface area (Å²) in [5.74, 6) is -5.17.